The SMILES string of the molecule is Cc1nnc(S[C@@H](C(=O)Nc2ccc(F)cc2)c2ccccc2)n1C. The lowest BCUT2D eigenvalue weighted by Gasteiger charge is -2.16. The number of nitrogens with one attached hydrogen (secondary N) is 1. The van der Waals surface area contributed by atoms with Gasteiger partial charge in [-0.15, -0.1) is 10.2 Å². The van der Waals surface area contributed by atoms with E-state index in [4.69, 9.17) is 0 Å². The number of amides is 1. The topological polar surface area (TPSA) is 59.8 Å². The Kier molecular flexibility index (Phi) is 5.14. The van der Waals surface area contributed by atoms with E-state index in [1.54, 1.807) is 0 Å². The summed E-state index contributed by atoms with van der Waals surface area (Å²) in [5, 5.41) is 11.1. The molecule has 1 amide bonds. The molecule has 25 heavy (non-hydrogen) atoms. The van der Waals surface area contributed by atoms with Crippen molar-refractivity contribution in [3.63, 3.8) is 0 Å². The average Bonchev–Trinajstić information content (AvgIpc) is 2.94. The van der Waals surface area contributed by atoms with E-state index < -0.39 is 5.25 Å². The van der Waals surface area contributed by atoms with Gasteiger partial charge in [-0.05, 0) is 36.8 Å². The van der Waals surface area contributed by atoms with Gasteiger partial charge < -0.3 is 9.88 Å². The van der Waals surface area contributed by atoms with Crippen LogP contribution in [0.5, 0.6) is 0 Å². The van der Waals surface area contributed by atoms with E-state index in [1.165, 1.54) is 36.0 Å². The first-order valence-corrected chi connectivity index (χ1v) is 8.56. The van der Waals surface area contributed by atoms with Crippen LogP contribution < -0.4 is 5.32 Å². The number of aryl methyl sites for hydroxylation is 1. The molecule has 0 aliphatic heterocycles. The zero-order valence-electron chi connectivity index (χ0n) is 13.8. The minimum atomic E-state index is -0.506. The summed E-state index contributed by atoms with van der Waals surface area (Å²) in [5.74, 6) is 0.221. The fourth-order valence-corrected chi connectivity index (χ4v) is 3.29. The molecule has 0 aliphatic carbocycles. The Morgan fingerprint density at radius 3 is 2.40 bits per heavy atom. The molecule has 0 unspecified atom stereocenters. The second-order valence-corrected chi connectivity index (χ2v) is 6.57. The van der Waals surface area contributed by atoms with Crippen LogP contribution in [0.4, 0.5) is 10.1 Å². The van der Waals surface area contributed by atoms with Gasteiger partial charge in [-0.3, -0.25) is 4.79 Å². The molecule has 1 heterocycles. The maximum Gasteiger partial charge on any atom is 0.242 e. The minimum absolute atomic E-state index is 0.205. The summed E-state index contributed by atoms with van der Waals surface area (Å²) >= 11 is 1.32. The molecule has 1 N–H and O–H groups in total. The van der Waals surface area contributed by atoms with E-state index in [0.29, 0.717) is 10.8 Å². The van der Waals surface area contributed by atoms with Gasteiger partial charge in [-0.1, -0.05) is 42.1 Å². The molecule has 3 rings (SSSR count). The molecule has 5 nitrogen and oxygen atoms in total. The Morgan fingerprint density at radius 2 is 1.80 bits per heavy atom. The summed E-state index contributed by atoms with van der Waals surface area (Å²) in [4.78, 5) is 12.8. The number of hydrogen-bond donors (Lipinski definition) is 1. The number of anilines is 1. The molecule has 1 atom stereocenters. The molecule has 1 aromatic heterocycles. The highest BCUT2D eigenvalue weighted by Gasteiger charge is 2.24. The Balaban J connectivity index is 1.86. The average molecular weight is 356 g/mol. The Hall–Kier alpha value is -2.67. The molecular formula is C18H17FN4OS. The van der Waals surface area contributed by atoms with Crippen molar-refractivity contribution < 1.29 is 9.18 Å². The molecular weight excluding hydrogens is 339 g/mol. The standard InChI is InChI=1S/C18H17FN4OS/c1-12-21-22-18(23(12)2)25-16(13-6-4-3-5-7-13)17(24)20-15-10-8-14(19)9-11-15/h3-11,16H,1-2H3,(H,20,24)/t16-/m1/s1. The van der Waals surface area contributed by atoms with Crippen LogP contribution in [0.15, 0.2) is 59.8 Å². The quantitative estimate of drug-likeness (QED) is 0.708. The number of nitrogens with zero attached hydrogens (tertiary/aromatic N) is 3. The molecule has 2 aromatic carbocycles. The lowest BCUT2D eigenvalue weighted by molar-refractivity contribution is -0.115. The number of thioether (sulfide) groups is 1. The van der Waals surface area contributed by atoms with Crippen molar-refractivity contribution in [2.75, 3.05) is 5.32 Å². The lowest BCUT2D eigenvalue weighted by atomic mass is 10.1. The third-order valence-corrected chi connectivity index (χ3v) is 5.02. The number of halogens is 1. The van der Waals surface area contributed by atoms with Crippen molar-refractivity contribution in [2.45, 2.75) is 17.3 Å². The fourth-order valence-electron chi connectivity index (χ4n) is 2.24. The third kappa shape index (κ3) is 4.06. The minimum Gasteiger partial charge on any atom is -0.325 e. The summed E-state index contributed by atoms with van der Waals surface area (Å²) in [7, 11) is 1.86. The normalized spacial score (nSPS) is 12.0. The van der Waals surface area contributed by atoms with Crippen LogP contribution in [0.3, 0.4) is 0 Å². The Labute approximate surface area is 149 Å². The summed E-state index contributed by atoms with van der Waals surface area (Å²) in [6.45, 7) is 1.85. The molecule has 7 heteroatoms. The van der Waals surface area contributed by atoms with E-state index in [9.17, 15) is 9.18 Å². The van der Waals surface area contributed by atoms with E-state index >= 15 is 0 Å². The molecule has 0 saturated heterocycles. The molecule has 3 aromatic rings. The van der Waals surface area contributed by atoms with E-state index in [2.05, 4.69) is 15.5 Å². The number of carbonyl (C=O) groups excluding carboxylic acids is 1. The highest BCUT2D eigenvalue weighted by molar-refractivity contribution is 8.00. The Bertz CT molecular complexity index is 865. The van der Waals surface area contributed by atoms with Crippen molar-refractivity contribution >= 4 is 23.4 Å². The van der Waals surface area contributed by atoms with Crippen LogP contribution in [0.1, 0.15) is 16.6 Å². The van der Waals surface area contributed by atoms with Crippen LogP contribution in [-0.4, -0.2) is 20.7 Å². The summed E-state index contributed by atoms with van der Waals surface area (Å²) in [5.41, 5.74) is 1.40. The monoisotopic (exact) mass is 356 g/mol. The van der Waals surface area contributed by atoms with Gasteiger partial charge >= 0.3 is 0 Å². The van der Waals surface area contributed by atoms with Gasteiger partial charge in [0.25, 0.3) is 0 Å². The highest BCUT2D eigenvalue weighted by Crippen LogP contribution is 2.35. The third-order valence-electron chi connectivity index (χ3n) is 3.73. The molecule has 0 radical (unpaired) electrons. The molecule has 128 valence electrons. The fraction of sp³-hybridized carbons (Fsp3) is 0.167. The molecule has 0 saturated carbocycles. The highest BCUT2D eigenvalue weighted by atomic mass is 32.2. The van der Waals surface area contributed by atoms with Gasteiger partial charge in [0.15, 0.2) is 5.16 Å². The van der Waals surface area contributed by atoms with Crippen LogP contribution in [0.2, 0.25) is 0 Å². The van der Waals surface area contributed by atoms with Crippen LogP contribution >= 0.6 is 11.8 Å². The van der Waals surface area contributed by atoms with Crippen molar-refractivity contribution in [2.24, 2.45) is 7.05 Å². The van der Waals surface area contributed by atoms with Crippen molar-refractivity contribution in [3.05, 3.63) is 71.8 Å². The lowest BCUT2D eigenvalue weighted by Crippen LogP contribution is -2.19. The van der Waals surface area contributed by atoms with Crippen LogP contribution in [-0.2, 0) is 11.8 Å². The van der Waals surface area contributed by atoms with Gasteiger partial charge in [0.2, 0.25) is 5.91 Å². The van der Waals surface area contributed by atoms with Crippen LogP contribution in [0, 0.1) is 12.7 Å². The number of aromatic nitrogens is 3. The largest absolute Gasteiger partial charge is 0.325 e. The van der Waals surface area contributed by atoms with Crippen molar-refractivity contribution in [1.82, 2.24) is 14.8 Å². The second-order valence-electron chi connectivity index (χ2n) is 5.49. The van der Waals surface area contributed by atoms with Gasteiger partial charge in [0.05, 0.1) is 0 Å². The second kappa shape index (κ2) is 7.48. The first kappa shape index (κ1) is 17.2. The van der Waals surface area contributed by atoms with Crippen molar-refractivity contribution in [1.29, 1.82) is 0 Å². The van der Waals surface area contributed by atoms with Gasteiger partial charge in [0, 0.05) is 12.7 Å². The first-order chi connectivity index (χ1) is 12.0. The van der Waals surface area contributed by atoms with Gasteiger partial charge in [-0.25, -0.2) is 4.39 Å². The number of benzene rings is 2. The predicted octanol–water partition coefficient (Wildman–Crippen LogP) is 3.73. The zero-order chi connectivity index (χ0) is 17.8. The summed E-state index contributed by atoms with van der Waals surface area (Å²) in [6.07, 6.45) is 0. The molecule has 0 spiro atoms. The maximum absolute atomic E-state index is 13.0. The van der Waals surface area contributed by atoms with E-state index in [-0.39, 0.29) is 11.7 Å². The van der Waals surface area contributed by atoms with Gasteiger partial charge in [-0.2, -0.15) is 0 Å². The first-order valence-electron chi connectivity index (χ1n) is 7.68. The number of hydrogen-bond acceptors (Lipinski definition) is 4. The number of rotatable bonds is 5. The Morgan fingerprint density at radius 1 is 1.12 bits per heavy atom. The molecule has 0 aliphatic rings. The summed E-state index contributed by atoms with van der Waals surface area (Å²) in [6, 6.07) is 15.1. The molecule has 0 fully saturated rings. The maximum atomic E-state index is 13.0. The summed E-state index contributed by atoms with van der Waals surface area (Å²) < 4.78 is 14.9. The van der Waals surface area contributed by atoms with Gasteiger partial charge in [0.1, 0.15) is 16.9 Å². The zero-order valence-corrected chi connectivity index (χ0v) is 14.6. The van der Waals surface area contributed by atoms with Crippen molar-refractivity contribution in [3.8, 4) is 0 Å². The predicted molar refractivity (Wildman–Crippen MR) is 95.8 cm³/mol. The smallest absolute Gasteiger partial charge is 0.242 e. The molecule has 0 bridgehead atoms. The van der Waals surface area contributed by atoms with E-state index in [1.807, 2.05) is 48.9 Å². The van der Waals surface area contributed by atoms with E-state index in [0.717, 1.165) is 11.4 Å². The number of carbonyl (C=O) groups is 1. The van der Waals surface area contributed by atoms with Crippen LogP contribution in [0.25, 0.3) is 0 Å².